The van der Waals surface area contributed by atoms with Crippen molar-refractivity contribution in [3.8, 4) is 0 Å². The largest absolute Gasteiger partial charge is 0.348 e. The summed E-state index contributed by atoms with van der Waals surface area (Å²) < 4.78 is 0. The molecule has 108 valence electrons. The average Bonchev–Trinajstić information content (AvgIpc) is 2.31. The third-order valence-electron chi connectivity index (χ3n) is 2.57. The van der Waals surface area contributed by atoms with Crippen LogP contribution in [0, 0.1) is 5.92 Å². The van der Waals surface area contributed by atoms with Gasteiger partial charge in [-0.3, -0.25) is 4.79 Å². The Morgan fingerprint density at radius 1 is 1.37 bits per heavy atom. The van der Waals surface area contributed by atoms with E-state index in [2.05, 4.69) is 19.2 Å². The predicted molar refractivity (Wildman–Crippen MR) is 83.5 cm³/mol. The first kappa shape index (κ1) is 18.5. The molecule has 6 heteroatoms. The van der Waals surface area contributed by atoms with Crippen molar-refractivity contribution >= 4 is 41.5 Å². The highest BCUT2D eigenvalue weighted by Crippen LogP contribution is 2.25. The fourth-order valence-electron chi connectivity index (χ4n) is 1.73. The standard InChI is InChI=1S/C13H18Cl2N2O.ClH/c1-8(2)6-9(7-16)17-13(18)10-4-3-5-11(14)12(10)15;/h3-5,8-9H,6-7,16H2,1-2H3,(H,17,18);1H. The van der Waals surface area contributed by atoms with E-state index in [-0.39, 0.29) is 29.4 Å². The van der Waals surface area contributed by atoms with Gasteiger partial charge >= 0.3 is 0 Å². The number of hydrogen-bond donors (Lipinski definition) is 2. The van der Waals surface area contributed by atoms with E-state index in [1.54, 1.807) is 18.2 Å². The van der Waals surface area contributed by atoms with Gasteiger partial charge in [-0.2, -0.15) is 0 Å². The van der Waals surface area contributed by atoms with Crippen molar-refractivity contribution in [2.45, 2.75) is 26.3 Å². The van der Waals surface area contributed by atoms with Gasteiger partial charge in [0.05, 0.1) is 15.6 Å². The first-order valence-electron chi connectivity index (χ1n) is 5.90. The molecular formula is C13H19Cl3N2O. The van der Waals surface area contributed by atoms with Crippen LogP contribution in [0.3, 0.4) is 0 Å². The summed E-state index contributed by atoms with van der Waals surface area (Å²) in [6.07, 6.45) is 0.834. The average molecular weight is 326 g/mol. The molecule has 0 aliphatic heterocycles. The van der Waals surface area contributed by atoms with E-state index in [9.17, 15) is 4.79 Å². The molecular weight excluding hydrogens is 307 g/mol. The number of rotatable bonds is 5. The monoisotopic (exact) mass is 324 g/mol. The minimum atomic E-state index is -0.237. The molecule has 0 saturated carbocycles. The topological polar surface area (TPSA) is 55.1 Å². The molecule has 0 fully saturated rings. The Morgan fingerprint density at radius 3 is 2.53 bits per heavy atom. The van der Waals surface area contributed by atoms with Gasteiger partial charge < -0.3 is 11.1 Å². The fourth-order valence-corrected chi connectivity index (χ4v) is 2.11. The fraction of sp³-hybridized carbons (Fsp3) is 0.462. The summed E-state index contributed by atoms with van der Waals surface area (Å²) in [7, 11) is 0. The summed E-state index contributed by atoms with van der Waals surface area (Å²) in [6, 6.07) is 4.94. The van der Waals surface area contributed by atoms with Crippen molar-refractivity contribution in [1.82, 2.24) is 5.32 Å². The van der Waals surface area contributed by atoms with E-state index in [1.807, 2.05) is 0 Å². The number of hydrogen-bond acceptors (Lipinski definition) is 2. The van der Waals surface area contributed by atoms with Crippen LogP contribution in [-0.4, -0.2) is 18.5 Å². The van der Waals surface area contributed by atoms with Crippen molar-refractivity contribution in [3.05, 3.63) is 33.8 Å². The molecule has 3 nitrogen and oxygen atoms in total. The van der Waals surface area contributed by atoms with Crippen LogP contribution >= 0.6 is 35.6 Å². The summed E-state index contributed by atoms with van der Waals surface area (Å²) in [5.74, 6) is 0.229. The van der Waals surface area contributed by atoms with Gasteiger partial charge in [-0.05, 0) is 24.5 Å². The molecule has 0 aromatic heterocycles. The molecule has 1 atom stereocenters. The minimum absolute atomic E-state index is 0. The smallest absolute Gasteiger partial charge is 0.253 e. The van der Waals surface area contributed by atoms with E-state index < -0.39 is 0 Å². The maximum Gasteiger partial charge on any atom is 0.253 e. The van der Waals surface area contributed by atoms with Crippen molar-refractivity contribution < 1.29 is 4.79 Å². The van der Waals surface area contributed by atoms with E-state index in [0.29, 0.717) is 23.0 Å². The molecule has 0 bridgehead atoms. The number of nitrogens with one attached hydrogen (secondary N) is 1. The molecule has 0 radical (unpaired) electrons. The quantitative estimate of drug-likeness (QED) is 0.870. The van der Waals surface area contributed by atoms with Gasteiger partial charge in [0.25, 0.3) is 5.91 Å². The van der Waals surface area contributed by atoms with Gasteiger partial charge in [-0.1, -0.05) is 43.1 Å². The van der Waals surface area contributed by atoms with Crippen molar-refractivity contribution in [2.24, 2.45) is 11.7 Å². The van der Waals surface area contributed by atoms with Crippen LogP contribution in [0.25, 0.3) is 0 Å². The zero-order valence-electron chi connectivity index (χ0n) is 11.0. The summed E-state index contributed by atoms with van der Waals surface area (Å²) >= 11 is 11.9. The molecule has 0 aliphatic rings. The van der Waals surface area contributed by atoms with E-state index in [1.165, 1.54) is 0 Å². The number of carbonyl (C=O) groups is 1. The number of amides is 1. The number of nitrogens with two attached hydrogens (primary N) is 1. The second-order valence-electron chi connectivity index (χ2n) is 4.64. The lowest BCUT2D eigenvalue weighted by Gasteiger charge is -2.19. The van der Waals surface area contributed by atoms with Crippen LogP contribution in [0.15, 0.2) is 18.2 Å². The second-order valence-corrected chi connectivity index (χ2v) is 5.42. The molecule has 19 heavy (non-hydrogen) atoms. The van der Waals surface area contributed by atoms with Crippen LogP contribution in [0.5, 0.6) is 0 Å². The molecule has 1 amide bonds. The van der Waals surface area contributed by atoms with Crippen molar-refractivity contribution in [3.63, 3.8) is 0 Å². The summed E-state index contributed by atoms with van der Waals surface area (Å²) in [6.45, 7) is 4.57. The lowest BCUT2D eigenvalue weighted by molar-refractivity contribution is 0.0934. The Morgan fingerprint density at radius 2 is 2.00 bits per heavy atom. The molecule has 1 aromatic rings. The molecule has 0 aliphatic carbocycles. The number of halogens is 3. The third-order valence-corrected chi connectivity index (χ3v) is 3.39. The lowest BCUT2D eigenvalue weighted by Crippen LogP contribution is -2.41. The van der Waals surface area contributed by atoms with Gasteiger partial charge in [0.1, 0.15) is 0 Å². The minimum Gasteiger partial charge on any atom is -0.348 e. The van der Waals surface area contributed by atoms with Gasteiger partial charge in [-0.25, -0.2) is 0 Å². The highest BCUT2D eigenvalue weighted by atomic mass is 35.5. The zero-order valence-corrected chi connectivity index (χ0v) is 13.3. The van der Waals surface area contributed by atoms with E-state index in [4.69, 9.17) is 28.9 Å². The summed E-state index contributed by atoms with van der Waals surface area (Å²) in [5.41, 5.74) is 6.02. The Hall–Kier alpha value is -0.480. The SMILES string of the molecule is CC(C)CC(CN)NC(=O)c1cccc(Cl)c1Cl.Cl. The highest BCUT2D eigenvalue weighted by molar-refractivity contribution is 6.43. The van der Waals surface area contributed by atoms with E-state index in [0.717, 1.165) is 6.42 Å². The molecule has 0 saturated heterocycles. The van der Waals surface area contributed by atoms with Crippen LogP contribution in [0.4, 0.5) is 0 Å². The van der Waals surface area contributed by atoms with Gasteiger partial charge in [0.15, 0.2) is 0 Å². The van der Waals surface area contributed by atoms with Gasteiger partial charge in [0, 0.05) is 12.6 Å². The second kappa shape index (κ2) is 8.64. The van der Waals surface area contributed by atoms with Crippen LogP contribution in [0.2, 0.25) is 10.0 Å². The third kappa shape index (κ3) is 5.57. The zero-order chi connectivity index (χ0) is 13.7. The highest BCUT2D eigenvalue weighted by Gasteiger charge is 2.17. The van der Waals surface area contributed by atoms with Crippen LogP contribution in [-0.2, 0) is 0 Å². The van der Waals surface area contributed by atoms with Crippen LogP contribution < -0.4 is 11.1 Å². The Balaban J connectivity index is 0.00000324. The maximum absolute atomic E-state index is 12.1. The summed E-state index contributed by atoms with van der Waals surface area (Å²) in [5, 5.41) is 3.52. The molecule has 0 spiro atoms. The molecule has 1 aromatic carbocycles. The molecule has 3 N–H and O–H groups in total. The van der Waals surface area contributed by atoms with Gasteiger partial charge in [0.2, 0.25) is 0 Å². The molecule has 0 heterocycles. The predicted octanol–water partition coefficient (Wildman–Crippen LogP) is 3.52. The van der Waals surface area contributed by atoms with E-state index >= 15 is 0 Å². The Kier molecular flexibility index (Phi) is 8.42. The first-order valence-corrected chi connectivity index (χ1v) is 6.66. The number of carbonyl (C=O) groups excluding carboxylic acids is 1. The molecule has 1 rings (SSSR count). The number of benzene rings is 1. The Bertz CT molecular complexity index is 424. The summed E-state index contributed by atoms with van der Waals surface area (Å²) in [4.78, 5) is 12.1. The lowest BCUT2D eigenvalue weighted by atomic mass is 10.0. The maximum atomic E-state index is 12.1. The van der Waals surface area contributed by atoms with Crippen LogP contribution in [0.1, 0.15) is 30.6 Å². The Labute approximate surface area is 130 Å². The normalized spacial score (nSPS) is 11.9. The molecule has 1 unspecified atom stereocenters. The first-order chi connectivity index (χ1) is 8.45. The van der Waals surface area contributed by atoms with Crippen molar-refractivity contribution in [1.29, 1.82) is 0 Å². The van der Waals surface area contributed by atoms with Gasteiger partial charge in [-0.15, -0.1) is 12.4 Å². The van der Waals surface area contributed by atoms with Crippen molar-refractivity contribution in [2.75, 3.05) is 6.54 Å².